The molecule has 1 aliphatic rings. The number of nitrogens with two attached hydrogens (primary N) is 1. The van der Waals surface area contributed by atoms with E-state index >= 15 is 0 Å². The molecule has 0 aliphatic carbocycles. The summed E-state index contributed by atoms with van der Waals surface area (Å²) in [5, 5.41) is 20.5. The summed E-state index contributed by atoms with van der Waals surface area (Å²) >= 11 is 0. The molecular formula is C19H16N6. The van der Waals surface area contributed by atoms with E-state index < -0.39 is 0 Å². The second-order valence-electron chi connectivity index (χ2n) is 6.11. The first-order valence-corrected chi connectivity index (χ1v) is 8.19. The van der Waals surface area contributed by atoms with E-state index in [0.717, 1.165) is 42.4 Å². The lowest BCUT2D eigenvalue weighted by molar-refractivity contribution is 0.936. The van der Waals surface area contributed by atoms with E-state index in [1.165, 1.54) is 0 Å². The lowest BCUT2D eigenvalue weighted by Crippen LogP contribution is -2.21. The number of nitriles is 2. The number of nitrogens with one attached hydrogen (secondary N) is 1. The van der Waals surface area contributed by atoms with Crippen LogP contribution in [-0.2, 0) is 0 Å². The summed E-state index contributed by atoms with van der Waals surface area (Å²) < 4.78 is 0. The number of fused-ring (bicyclic) bond motifs is 1. The van der Waals surface area contributed by atoms with Crippen LogP contribution in [0.5, 0.6) is 0 Å². The van der Waals surface area contributed by atoms with Crippen LogP contribution in [0.15, 0.2) is 30.5 Å². The fourth-order valence-corrected chi connectivity index (χ4v) is 3.52. The highest BCUT2D eigenvalue weighted by Crippen LogP contribution is 2.39. The summed E-state index contributed by atoms with van der Waals surface area (Å²) in [6, 6.07) is 12.2. The Labute approximate surface area is 145 Å². The lowest BCUT2D eigenvalue weighted by atomic mass is 9.95. The minimum absolute atomic E-state index is 0.170. The zero-order valence-corrected chi connectivity index (χ0v) is 13.6. The van der Waals surface area contributed by atoms with Crippen molar-refractivity contribution in [1.82, 2.24) is 9.97 Å². The highest BCUT2D eigenvalue weighted by molar-refractivity contribution is 6.00. The van der Waals surface area contributed by atoms with E-state index in [-0.39, 0.29) is 11.4 Å². The molecule has 0 bridgehead atoms. The highest BCUT2D eigenvalue weighted by Gasteiger charge is 2.26. The number of hydrogen-bond acceptors (Lipinski definition) is 5. The summed E-state index contributed by atoms with van der Waals surface area (Å²) in [6.07, 6.45) is 3.96. The third-order valence-corrected chi connectivity index (χ3v) is 4.69. The Morgan fingerprint density at radius 2 is 1.80 bits per heavy atom. The molecule has 3 N–H and O–H groups in total. The van der Waals surface area contributed by atoms with Crippen molar-refractivity contribution in [3.63, 3.8) is 0 Å². The second kappa shape index (κ2) is 5.85. The van der Waals surface area contributed by atoms with Gasteiger partial charge in [0.05, 0.1) is 0 Å². The SMILES string of the molecule is N#Cc1c(N)nc(N2CCCC2)c(C#N)c1-c1c[nH]c2ccccc12. The Morgan fingerprint density at radius 1 is 1.08 bits per heavy atom. The molecular weight excluding hydrogens is 312 g/mol. The molecule has 6 heteroatoms. The lowest BCUT2D eigenvalue weighted by Gasteiger charge is -2.21. The largest absolute Gasteiger partial charge is 0.383 e. The number of rotatable bonds is 2. The smallest absolute Gasteiger partial charge is 0.149 e. The standard InChI is InChI=1S/C19H16N6/c20-9-13-17(15-11-23-16-6-2-1-5-12(15)16)14(10-21)19(24-18(13)22)25-7-3-4-8-25/h1-2,5-6,11,23H,3-4,7-8H2,(H2,22,24). The van der Waals surface area contributed by atoms with E-state index in [0.29, 0.717) is 16.9 Å². The molecule has 122 valence electrons. The molecule has 1 aromatic carbocycles. The van der Waals surface area contributed by atoms with E-state index in [1.807, 2.05) is 30.5 Å². The van der Waals surface area contributed by atoms with Gasteiger partial charge >= 0.3 is 0 Å². The number of hydrogen-bond donors (Lipinski definition) is 2. The molecule has 0 amide bonds. The van der Waals surface area contributed by atoms with Crippen LogP contribution < -0.4 is 10.6 Å². The van der Waals surface area contributed by atoms with E-state index in [2.05, 4.69) is 27.0 Å². The van der Waals surface area contributed by atoms with E-state index in [9.17, 15) is 10.5 Å². The molecule has 1 saturated heterocycles. The number of benzene rings is 1. The molecule has 3 heterocycles. The summed E-state index contributed by atoms with van der Waals surface area (Å²) in [5.41, 5.74) is 9.08. The highest BCUT2D eigenvalue weighted by atomic mass is 15.2. The van der Waals surface area contributed by atoms with Gasteiger partial charge in [-0.05, 0) is 18.9 Å². The van der Waals surface area contributed by atoms with Crippen LogP contribution in [0.4, 0.5) is 11.6 Å². The molecule has 0 spiro atoms. The number of nitrogen functional groups attached to an aromatic ring is 1. The van der Waals surface area contributed by atoms with Gasteiger partial charge in [0, 0.05) is 41.3 Å². The first kappa shape index (κ1) is 15.0. The maximum atomic E-state index is 9.86. The fraction of sp³-hybridized carbons (Fsp3) is 0.211. The summed E-state index contributed by atoms with van der Waals surface area (Å²) in [5.74, 6) is 0.750. The molecule has 4 rings (SSSR count). The number of aromatic amines is 1. The first-order chi connectivity index (χ1) is 12.2. The predicted molar refractivity (Wildman–Crippen MR) is 96.8 cm³/mol. The number of aromatic nitrogens is 2. The number of anilines is 2. The average Bonchev–Trinajstić information content (AvgIpc) is 3.30. The number of pyridine rings is 1. The van der Waals surface area contributed by atoms with Crippen LogP contribution in [-0.4, -0.2) is 23.1 Å². The molecule has 2 aromatic heterocycles. The topological polar surface area (TPSA) is 106 Å². The van der Waals surface area contributed by atoms with Crippen molar-refractivity contribution < 1.29 is 0 Å². The minimum atomic E-state index is 0.170. The quantitative estimate of drug-likeness (QED) is 0.751. The maximum Gasteiger partial charge on any atom is 0.149 e. The average molecular weight is 328 g/mol. The van der Waals surface area contributed by atoms with E-state index in [4.69, 9.17) is 5.73 Å². The number of nitrogens with zero attached hydrogens (tertiary/aromatic N) is 4. The zero-order valence-electron chi connectivity index (χ0n) is 13.6. The summed E-state index contributed by atoms with van der Waals surface area (Å²) in [7, 11) is 0. The van der Waals surface area contributed by atoms with Crippen molar-refractivity contribution >= 4 is 22.5 Å². The van der Waals surface area contributed by atoms with Crippen molar-refractivity contribution in [3.8, 4) is 23.3 Å². The minimum Gasteiger partial charge on any atom is -0.383 e. The predicted octanol–water partition coefficient (Wildman–Crippen LogP) is 3.16. The molecule has 25 heavy (non-hydrogen) atoms. The van der Waals surface area contributed by atoms with Gasteiger partial charge in [0.2, 0.25) is 0 Å². The van der Waals surface area contributed by atoms with Gasteiger partial charge < -0.3 is 15.6 Å². The number of H-pyrrole nitrogens is 1. The zero-order chi connectivity index (χ0) is 17.4. The molecule has 0 unspecified atom stereocenters. The van der Waals surface area contributed by atoms with Crippen molar-refractivity contribution in [2.75, 3.05) is 23.7 Å². The molecule has 0 saturated carbocycles. The molecule has 6 nitrogen and oxygen atoms in total. The van der Waals surface area contributed by atoms with Gasteiger partial charge in [-0.15, -0.1) is 0 Å². The van der Waals surface area contributed by atoms with Crippen LogP contribution >= 0.6 is 0 Å². The Morgan fingerprint density at radius 3 is 2.52 bits per heavy atom. The van der Waals surface area contributed by atoms with Crippen LogP contribution in [0, 0.1) is 22.7 Å². The summed E-state index contributed by atoms with van der Waals surface area (Å²) in [6.45, 7) is 1.70. The Hall–Kier alpha value is -3.51. The van der Waals surface area contributed by atoms with Gasteiger partial charge in [0.25, 0.3) is 0 Å². The van der Waals surface area contributed by atoms with Crippen molar-refractivity contribution in [1.29, 1.82) is 10.5 Å². The molecule has 1 aliphatic heterocycles. The monoisotopic (exact) mass is 328 g/mol. The second-order valence-corrected chi connectivity index (χ2v) is 6.11. The van der Waals surface area contributed by atoms with Crippen LogP contribution in [0.3, 0.4) is 0 Å². The van der Waals surface area contributed by atoms with Gasteiger partial charge in [-0.1, -0.05) is 18.2 Å². The summed E-state index contributed by atoms with van der Waals surface area (Å²) in [4.78, 5) is 9.68. The molecule has 3 aromatic rings. The van der Waals surface area contributed by atoms with Crippen molar-refractivity contribution in [3.05, 3.63) is 41.6 Å². The third kappa shape index (κ3) is 2.28. The van der Waals surface area contributed by atoms with Gasteiger partial charge in [-0.2, -0.15) is 10.5 Å². The van der Waals surface area contributed by atoms with Crippen LogP contribution in [0.25, 0.3) is 22.0 Å². The van der Waals surface area contributed by atoms with Crippen molar-refractivity contribution in [2.24, 2.45) is 0 Å². The van der Waals surface area contributed by atoms with Crippen molar-refractivity contribution in [2.45, 2.75) is 12.8 Å². The first-order valence-electron chi connectivity index (χ1n) is 8.19. The fourth-order valence-electron chi connectivity index (χ4n) is 3.52. The van der Waals surface area contributed by atoms with Crippen LogP contribution in [0.1, 0.15) is 24.0 Å². The normalized spacial score (nSPS) is 13.8. The van der Waals surface area contributed by atoms with Gasteiger partial charge in [0.1, 0.15) is 34.9 Å². The van der Waals surface area contributed by atoms with Gasteiger partial charge in [-0.25, -0.2) is 4.98 Å². The molecule has 0 radical (unpaired) electrons. The number of para-hydroxylation sites is 1. The van der Waals surface area contributed by atoms with Gasteiger partial charge in [0.15, 0.2) is 0 Å². The van der Waals surface area contributed by atoms with Crippen LogP contribution in [0.2, 0.25) is 0 Å². The molecule has 0 atom stereocenters. The Bertz CT molecular complexity index is 1040. The van der Waals surface area contributed by atoms with Gasteiger partial charge in [-0.3, -0.25) is 0 Å². The van der Waals surface area contributed by atoms with E-state index in [1.54, 1.807) is 0 Å². The molecule has 1 fully saturated rings. The Balaban J connectivity index is 2.06. The Kier molecular flexibility index (Phi) is 3.52. The third-order valence-electron chi connectivity index (χ3n) is 4.69. The maximum absolute atomic E-state index is 9.86.